The minimum atomic E-state index is -0.595. The summed E-state index contributed by atoms with van der Waals surface area (Å²) in [5, 5.41) is 21.8. The van der Waals surface area contributed by atoms with E-state index < -0.39 is 5.82 Å². The molecule has 3 aromatic rings. The quantitative estimate of drug-likeness (QED) is 0.634. The predicted molar refractivity (Wildman–Crippen MR) is 105 cm³/mol. The molecule has 0 bridgehead atoms. The van der Waals surface area contributed by atoms with E-state index in [0.717, 1.165) is 18.7 Å². The first kappa shape index (κ1) is 18.8. The molecule has 0 saturated carbocycles. The second-order valence-corrected chi connectivity index (χ2v) is 6.61. The maximum absolute atomic E-state index is 13.5. The van der Waals surface area contributed by atoms with E-state index >= 15 is 0 Å². The number of carbonyl (C=O) groups is 1. The van der Waals surface area contributed by atoms with Gasteiger partial charge >= 0.3 is 0 Å². The third-order valence-corrected chi connectivity index (χ3v) is 4.67. The highest BCUT2D eigenvalue weighted by Gasteiger charge is 2.16. The van der Waals surface area contributed by atoms with Gasteiger partial charge in [0, 0.05) is 24.3 Å². The lowest BCUT2D eigenvalue weighted by atomic mass is 10.1. The van der Waals surface area contributed by atoms with Gasteiger partial charge < -0.3 is 15.4 Å². The van der Waals surface area contributed by atoms with Crippen LogP contribution in [0.15, 0.2) is 48.5 Å². The molecule has 1 saturated heterocycles. The van der Waals surface area contributed by atoms with Gasteiger partial charge in [0.1, 0.15) is 17.6 Å². The number of anilines is 1. The van der Waals surface area contributed by atoms with Crippen molar-refractivity contribution in [3.05, 3.63) is 71.2 Å². The Morgan fingerprint density at radius 3 is 2.79 bits per heavy atom. The molecule has 1 aliphatic heterocycles. The number of aromatic nitrogens is 2. The lowest BCUT2D eigenvalue weighted by molar-refractivity contribution is 0.0277. The standard InChI is InChI=1S/C21H18FN5O2/c22-17-6-3-14(9-15(17)11-23)18-10-19(27-26-18)21(28)25-16-4-1-13(2-5-16)20-12-24-7-8-29-20/h1-6,9-10,20,24H,7-8,12H2,(H,25,28)(H,26,27)/t20-/m1/s1. The van der Waals surface area contributed by atoms with Crippen LogP contribution in [0.3, 0.4) is 0 Å². The van der Waals surface area contributed by atoms with Crippen LogP contribution < -0.4 is 10.6 Å². The third-order valence-electron chi connectivity index (χ3n) is 4.67. The molecule has 1 atom stereocenters. The van der Waals surface area contributed by atoms with E-state index in [-0.39, 0.29) is 23.3 Å². The first-order valence-corrected chi connectivity index (χ1v) is 9.13. The van der Waals surface area contributed by atoms with Crippen molar-refractivity contribution in [1.29, 1.82) is 5.26 Å². The maximum atomic E-state index is 13.5. The number of hydrogen-bond acceptors (Lipinski definition) is 5. The van der Waals surface area contributed by atoms with Gasteiger partial charge in [-0.25, -0.2) is 4.39 Å². The first-order valence-electron chi connectivity index (χ1n) is 9.13. The molecular weight excluding hydrogens is 373 g/mol. The molecule has 0 aliphatic carbocycles. The number of hydrogen-bond donors (Lipinski definition) is 3. The first-order chi connectivity index (χ1) is 14.1. The number of nitrogens with zero attached hydrogens (tertiary/aromatic N) is 2. The number of halogens is 1. The lowest BCUT2D eigenvalue weighted by Crippen LogP contribution is -2.33. The summed E-state index contributed by atoms with van der Waals surface area (Å²) in [6.07, 6.45) is 0.0117. The highest BCUT2D eigenvalue weighted by molar-refractivity contribution is 6.03. The van der Waals surface area contributed by atoms with Crippen molar-refractivity contribution >= 4 is 11.6 Å². The van der Waals surface area contributed by atoms with E-state index in [1.54, 1.807) is 12.1 Å². The van der Waals surface area contributed by atoms with E-state index in [9.17, 15) is 9.18 Å². The average molecular weight is 391 g/mol. The zero-order valence-electron chi connectivity index (χ0n) is 15.4. The Morgan fingerprint density at radius 2 is 2.07 bits per heavy atom. The number of nitrogens with one attached hydrogen (secondary N) is 3. The molecule has 1 aromatic heterocycles. The zero-order chi connectivity index (χ0) is 20.2. The van der Waals surface area contributed by atoms with Gasteiger partial charge in [0.15, 0.2) is 0 Å². The number of benzene rings is 2. The summed E-state index contributed by atoms with van der Waals surface area (Å²) in [4.78, 5) is 12.5. The Bertz CT molecular complexity index is 1070. The highest BCUT2D eigenvalue weighted by atomic mass is 19.1. The Balaban J connectivity index is 1.45. The molecule has 7 nitrogen and oxygen atoms in total. The molecule has 2 aromatic carbocycles. The molecule has 1 fully saturated rings. The molecule has 0 radical (unpaired) electrons. The summed E-state index contributed by atoms with van der Waals surface area (Å²) >= 11 is 0. The molecule has 4 rings (SSSR count). The summed E-state index contributed by atoms with van der Waals surface area (Å²) in [5.41, 5.74) is 2.86. The van der Waals surface area contributed by atoms with Crippen LogP contribution in [0.25, 0.3) is 11.3 Å². The van der Waals surface area contributed by atoms with E-state index in [0.29, 0.717) is 23.6 Å². The number of amides is 1. The molecule has 29 heavy (non-hydrogen) atoms. The van der Waals surface area contributed by atoms with E-state index in [4.69, 9.17) is 10.00 Å². The van der Waals surface area contributed by atoms with Crippen LogP contribution in [0.1, 0.15) is 27.7 Å². The molecule has 1 amide bonds. The molecular formula is C21H18FN5O2. The van der Waals surface area contributed by atoms with Crippen LogP contribution >= 0.6 is 0 Å². The van der Waals surface area contributed by atoms with E-state index in [1.807, 2.05) is 24.3 Å². The summed E-state index contributed by atoms with van der Waals surface area (Å²) < 4.78 is 19.2. The Kier molecular flexibility index (Phi) is 5.33. The van der Waals surface area contributed by atoms with E-state index in [2.05, 4.69) is 20.8 Å². The van der Waals surface area contributed by atoms with Gasteiger partial charge in [-0.05, 0) is 42.0 Å². The fourth-order valence-electron chi connectivity index (χ4n) is 3.12. The fourth-order valence-corrected chi connectivity index (χ4v) is 3.12. The average Bonchev–Trinajstić information content (AvgIpc) is 3.26. The molecule has 0 unspecified atom stereocenters. The number of ether oxygens (including phenoxy) is 1. The Hall–Kier alpha value is -3.54. The summed E-state index contributed by atoms with van der Waals surface area (Å²) in [5.74, 6) is -0.947. The second-order valence-electron chi connectivity index (χ2n) is 6.61. The van der Waals surface area contributed by atoms with Gasteiger partial charge in [0.2, 0.25) is 0 Å². The second kappa shape index (κ2) is 8.22. The van der Waals surface area contributed by atoms with Gasteiger partial charge in [0.25, 0.3) is 5.91 Å². The molecule has 3 N–H and O–H groups in total. The van der Waals surface area contributed by atoms with Crippen molar-refractivity contribution in [1.82, 2.24) is 15.5 Å². The van der Waals surface area contributed by atoms with Gasteiger partial charge in [-0.1, -0.05) is 12.1 Å². The largest absolute Gasteiger partial charge is 0.371 e. The SMILES string of the molecule is N#Cc1cc(-c2cc(C(=O)Nc3ccc([C@H]4CNCCO4)cc3)[nH]n2)ccc1F. The minimum absolute atomic E-state index is 0.0117. The van der Waals surface area contributed by atoms with Crippen LogP contribution in [0, 0.1) is 17.1 Å². The Labute approximate surface area is 166 Å². The van der Waals surface area contributed by atoms with Crippen molar-refractivity contribution in [2.45, 2.75) is 6.10 Å². The molecule has 1 aliphatic rings. The number of H-pyrrole nitrogens is 1. The summed E-state index contributed by atoms with van der Waals surface area (Å²) in [6, 6.07) is 14.9. The number of aromatic amines is 1. The number of rotatable bonds is 4. The Morgan fingerprint density at radius 1 is 1.24 bits per heavy atom. The summed E-state index contributed by atoms with van der Waals surface area (Å²) in [6.45, 7) is 2.29. The minimum Gasteiger partial charge on any atom is -0.371 e. The molecule has 2 heterocycles. The van der Waals surface area contributed by atoms with E-state index in [1.165, 1.54) is 18.2 Å². The summed E-state index contributed by atoms with van der Waals surface area (Å²) in [7, 11) is 0. The van der Waals surface area contributed by atoms with Crippen molar-refractivity contribution < 1.29 is 13.9 Å². The van der Waals surface area contributed by atoms with Crippen LogP contribution in [0.5, 0.6) is 0 Å². The third kappa shape index (κ3) is 4.16. The normalized spacial score (nSPS) is 16.2. The fraction of sp³-hybridized carbons (Fsp3) is 0.190. The van der Waals surface area contributed by atoms with Crippen LogP contribution in [-0.2, 0) is 4.74 Å². The number of carbonyl (C=O) groups excluding carboxylic acids is 1. The van der Waals surface area contributed by atoms with Crippen LogP contribution in [-0.4, -0.2) is 35.8 Å². The van der Waals surface area contributed by atoms with Gasteiger partial charge in [-0.2, -0.15) is 10.4 Å². The zero-order valence-corrected chi connectivity index (χ0v) is 15.4. The molecule has 0 spiro atoms. The number of morpholine rings is 1. The van der Waals surface area contributed by atoms with Gasteiger partial charge in [0.05, 0.1) is 24.0 Å². The molecule has 8 heteroatoms. The monoisotopic (exact) mass is 391 g/mol. The van der Waals surface area contributed by atoms with Gasteiger partial charge in [-0.15, -0.1) is 0 Å². The highest BCUT2D eigenvalue weighted by Crippen LogP contribution is 2.23. The van der Waals surface area contributed by atoms with Crippen LogP contribution in [0.4, 0.5) is 10.1 Å². The molecule has 146 valence electrons. The number of nitriles is 1. The van der Waals surface area contributed by atoms with Crippen molar-refractivity contribution in [2.75, 3.05) is 25.0 Å². The van der Waals surface area contributed by atoms with Crippen molar-refractivity contribution in [3.63, 3.8) is 0 Å². The van der Waals surface area contributed by atoms with Gasteiger partial charge in [-0.3, -0.25) is 9.89 Å². The maximum Gasteiger partial charge on any atom is 0.273 e. The van der Waals surface area contributed by atoms with Crippen LogP contribution in [0.2, 0.25) is 0 Å². The predicted octanol–water partition coefficient (Wildman–Crippen LogP) is 3.00. The lowest BCUT2D eigenvalue weighted by Gasteiger charge is -2.24. The van der Waals surface area contributed by atoms with Crippen molar-refractivity contribution in [3.8, 4) is 17.3 Å². The van der Waals surface area contributed by atoms with Crippen molar-refractivity contribution in [2.24, 2.45) is 0 Å². The smallest absolute Gasteiger partial charge is 0.273 e. The topological polar surface area (TPSA) is 103 Å².